The van der Waals surface area contributed by atoms with Crippen molar-refractivity contribution < 1.29 is 19.3 Å². The first-order valence-electron chi connectivity index (χ1n) is 12.4. The minimum Gasteiger partial charge on any atom is -0.497 e. The lowest BCUT2D eigenvalue weighted by Crippen LogP contribution is -2.36. The Hall–Kier alpha value is -2.87. The van der Waals surface area contributed by atoms with Crippen LogP contribution in [0.5, 0.6) is 17.4 Å². The first-order chi connectivity index (χ1) is 16.9. The van der Waals surface area contributed by atoms with Crippen molar-refractivity contribution >= 4 is 0 Å². The smallest absolute Gasteiger partial charge is 0.227 e. The number of aryl methyl sites for hydroxylation is 1. The minimum atomic E-state index is -0.540. The average Bonchev–Trinajstić information content (AvgIpc) is 3.65. The van der Waals surface area contributed by atoms with E-state index in [9.17, 15) is 5.11 Å². The standard InChI is InChI=1S/C28H37N3O4/c1-20(2)18-34-19-24(32)16-30(22-13-14-22)17-27-21(3)29-31(23-9-6-5-7-10-23)28(27)35-26-12-8-11-25(15-26)33-4/h5-12,15,20,22,24,32H,13-14,16-19H2,1-4H3. The molecule has 1 aliphatic carbocycles. The van der Waals surface area contributed by atoms with E-state index in [1.165, 1.54) is 0 Å². The van der Waals surface area contributed by atoms with E-state index in [-0.39, 0.29) is 0 Å². The predicted molar refractivity (Wildman–Crippen MR) is 136 cm³/mol. The highest BCUT2D eigenvalue weighted by molar-refractivity contribution is 5.44. The van der Waals surface area contributed by atoms with Gasteiger partial charge in [-0.05, 0) is 49.9 Å². The topological polar surface area (TPSA) is 69.0 Å². The summed E-state index contributed by atoms with van der Waals surface area (Å²) in [4.78, 5) is 2.33. The number of aliphatic hydroxyl groups excluding tert-OH is 1. The van der Waals surface area contributed by atoms with Crippen LogP contribution in [0.15, 0.2) is 54.6 Å². The highest BCUT2D eigenvalue weighted by Gasteiger charge is 2.32. The molecule has 7 nitrogen and oxygen atoms in total. The molecule has 35 heavy (non-hydrogen) atoms. The normalized spacial score (nSPS) is 14.5. The zero-order valence-electron chi connectivity index (χ0n) is 21.2. The van der Waals surface area contributed by atoms with Crippen LogP contribution in [-0.4, -0.2) is 58.8 Å². The summed E-state index contributed by atoms with van der Waals surface area (Å²) in [6.45, 7) is 8.43. The van der Waals surface area contributed by atoms with Gasteiger partial charge in [0.1, 0.15) is 11.5 Å². The van der Waals surface area contributed by atoms with E-state index in [2.05, 4.69) is 18.7 Å². The molecule has 0 radical (unpaired) electrons. The molecule has 0 spiro atoms. The van der Waals surface area contributed by atoms with E-state index in [0.717, 1.165) is 35.5 Å². The van der Waals surface area contributed by atoms with Gasteiger partial charge < -0.3 is 19.3 Å². The number of nitrogens with zero attached hydrogens (tertiary/aromatic N) is 3. The molecular weight excluding hydrogens is 442 g/mol. The molecule has 1 fully saturated rings. The lowest BCUT2D eigenvalue weighted by molar-refractivity contribution is 0.00536. The number of ether oxygens (including phenoxy) is 3. The molecule has 1 aliphatic rings. The number of hydrogen-bond donors (Lipinski definition) is 1. The highest BCUT2D eigenvalue weighted by atomic mass is 16.5. The molecule has 1 saturated carbocycles. The van der Waals surface area contributed by atoms with Gasteiger partial charge in [-0.1, -0.05) is 38.1 Å². The van der Waals surface area contributed by atoms with Gasteiger partial charge in [0.2, 0.25) is 5.88 Å². The fraction of sp³-hybridized carbons (Fsp3) is 0.464. The Morgan fingerprint density at radius 1 is 1.06 bits per heavy atom. The fourth-order valence-electron chi connectivity index (χ4n) is 4.09. The van der Waals surface area contributed by atoms with Crippen LogP contribution in [-0.2, 0) is 11.3 Å². The van der Waals surface area contributed by atoms with Crippen LogP contribution in [0.1, 0.15) is 37.9 Å². The summed E-state index contributed by atoms with van der Waals surface area (Å²) in [6.07, 6.45) is 1.73. The second-order valence-corrected chi connectivity index (χ2v) is 9.64. The van der Waals surface area contributed by atoms with E-state index in [0.29, 0.717) is 49.9 Å². The summed E-state index contributed by atoms with van der Waals surface area (Å²) in [5, 5.41) is 15.5. The van der Waals surface area contributed by atoms with Crippen molar-refractivity contribution in [1.82, 2.24) is 14.7 Å². The van der Waals surface area contributed by atoms with E-state index < -0.39 is 6.10 Å². The van der Waals surface area contributed by atoms with E-state index in [1.807, 2.05) is 66.2 Å². The third-order valence-corrected chi connectivity index (χ3v) is 6.02. The Balaban J connectivity index is 1.60. The molecule has 2 aromatic carbocycles. The van der Waals surface area contributed by atoms with Crippen LogP contribution in [0.2, 0.25) is 0 Å². The van der Waals surface area contributed by atoms with Crippen LogP contribution in [0.25, 0.3) is 5.69 Å². The molecule has 0 amide bonds. The monoisotopic (exact) mass is 479 g/mol. The summed E-state index contributed by atoms with van der Waals surface area (Å²) < 4.78 is 19.4. The summed E-state index contributed by atoms with van der Waals surface area (Å²) in [6, 6.07) is 18.1. The Morgan fingerprint density at radius 2 is 1.80 bits per heavy atom. The largest absolute Gasteiger partial charge is 0.497 e. The maximum absolute atomic E-state index is 10.7. The van der Waals surface area contributed by atoms with Gasteiger partial charge in [-0.2, -0.15) is 5.10 Å². The highest BCUT2D eigenvalue weighted by Crippen LogP contribution is 2.35. The Kier molecular flexibility index (Phi) is 8.44. The average molecular weight is 480 g/mol. The molecule has 4 rings (SSSR count). The van der Waals surface area contributed by atoms with Crippen molar-refractivity contribution in [2.24, 2.45) is 5.92 Å². The van der Waals surface area contributed by atoms with Crippen molar-refractivity contribution in [3.05, 3.63) is 65.9 Å². The number of aliphatic hydroxyl groups is 1. The molecule has 188 valence electrons. The van der Waals surface area contributed by atoms with Crippen LogP contribution >= 0.6 is 0 Å². The lowest BCUT2D eigenvalue weighted by Gasteiger charge is -2.25. The summed E-state index contributed by atoms with van der Waals surface area (Å²) in [5.41, 5.74) is 2.85. The van der Waals surface area contributed by atoms with Gasteiger partial charge in [0, 0.05) is 31.8 Å². The molecular formula is C28H37N3O4. The van der Waals surface area contributed by atoms with Gasteiger partial charge in [-0.3, -0.25) is 4.90 Å². The second-order valence-electron chi connectivity index (χ2n) is 9.64. The van der Waals surface area contributed by atoms with Crippen LogP contribution in [0.3, 0.4) is 0 Å². The van der Waals surface area contributed by atoms with Gasteiger partial charge >= 0.3 is 0 Å². The third kappa shape index (κ3) is 6.84. The first-order valence-corrected chi connectivity index (χ1v) is 12.4. The van der Waals surface area contributed by atoms with Gasteiger partial charge in [-0.25, -0.2) is 4.68 Å². The SMILES string of the molecule is COc1cccc(Oc2c(CN(CC(O)COCC(C)C)C3CC3)c(C)nn2-c2ccccc2)c1. The lowest BCUT2D eigenvalue weighted by atomic mass is 10.2. The van der Waals surface area contributed by atoms with Crippen LogP contribution < -0.4 is 9.47 Å². The number of aromatic nitrogens is 2. The zero-order chi connectivity index (χ0) is 24.8. The maximum atomic E-state index is 10.7. The van der Waals surface area contributed by atoms with Crippen LogP contribution in [0.4, 0.5) is 0 Å². The Labute approximate surface area is 208 Å². The van der Waals surface area contributed by atoms with E-state index in [1.54, 1.807) is 7.11 Å². The van der Waals surface area contributed by atoms with Crippen molar-refractivity contribution in [3.8, 4) is 23.1 Å². The van der Waals surface area contributed by atoms with Crippen molar-refractivity contribution in [3.63, 3.8) is 0 Å². The molecule has 0 bridgehead atoms. The molecule has 3 aromatic rings. The number of hydrogen-bond acceptors (Lipinski definition) is 6. The summed E-state index contributed by atoms with van der Waals surface area (Å²) in [7, 11) is 1.65. The number of benzene rings is 2. The molecule has 0 aliphatic heterocycles. The van der Waals surface area contributed by atoms with Gasteiger partial charge in [0.25, 0.3) is 0 Å². The molecule has 1 N–H and O–H groups in total. The fourth-order valence-corrected chi connectivity index (χ4v) is 4.09. The number of para-hydroxylation sites is 1. The minimum absolute atomic E-state index is 0.344. The number of methoxy groups -OCH3 is 1. The molecule has 1 heterocycles. The Bertz CT molecular complexity index is 1080. The van der Waals surface area contributed by atoms with Gasteiger partial charge in [-0.15, -0.1) is 0 Å². The first kappa shape index (κ1) is 25.2. The van der Waals surface area contributed by atoms with Crippen molar-refractivity contribution in [2.75, 3.05) is 26.9 Å². The summed E-state index contributed by atoms with van der Waals surface area (Å²) in [5.74, 6) is 2.54. The summed E-state index contributed by atoms with van der Waals surface area (Å²) >= 11 is 0. The second kappa shape index (κ2) is 11.7. The van der Waals surface area contributed by atoms with E-state index >= 15 is 0 Å². The third-order valence-electron chi connectivity index (χ3n) is 6.02. The molecule has 1 atom stereocenters. The molecule has 0 saturated heterocycles. The zero-order valence-corrected chi connectivity index (χ0v) is 21.2. The number of rotatable bonds is 13. The maximum Gasteiger partial charge on any atom is 0.227 e. The van der Waals surface area contributed by atoms with Crippen molar-refractivity contribution in [1.29, 1.82) is 0 Å². The molecule has 1 aromatic heterocycles. The molecule has 7 heteroatoms. The molecule has 1 unspecified atom stereocenters. The quantitative estimate of drug-likeness (QED) is 0.373. The Morgan fingerprint density at radius 3 is 2.49 bits per heavy atom. The van der Waals surface area contributed by atoms with Crippen LogP contribution in [0, 0.1) is 12.8 Å². The van der Waals surface area contributed by atoms with Gasteiger partial charge in [0.05, 0.1) is 36.8 Å². The van der Waals surface area contributed by atoms with Crippen molar-refractivity contribution in [2.45, 2.75) is 52.3 Å². The van der Waals surface area contributed by atoms with Gasteiger partial charge in [0.15, 0.2) is 0 Å². The predicted octanol–water partition coefficient (Wildman–Crippen LogP) is 4.98. The van der Waals surface area contributed by atoms with E-state index in [4.69, 9.17) is 19.3 Å².